The Morgan fingerprint density at radius 3 is 2.10 bits per heavy atom. The van der Waals surface area contributed by atoms with E-state index in [2.05, 4.69) is 5.32 Å². The van der Waals surface area contributed by atoms with Crippen LogP contribution < -0.4 is 9.62 Å². The van der Waals surface area contributed by atoms with Crippen LogP contribution in [0.4, 0.5) is 5.69 Å². The minimum atomic E-state index is -4.27. The van der Waals surface area contributed by atoms with Crippen molar-refractivity contribution < 1.29 is 18.0 Å². The summed E-state index contributed by atoms with van der Waals surface area (Å²) in [4.78, 5) is 30.5. The fourth-order valence-electron chi connectivity index (χ4n) is 6.06. The van der Waals surface area contributed by atoms with Crippen molar-refractivity contribution in [1.29, 1.82) is 0 Å². The van der Waals surface area contributed by atoms with Crippen LogP contribution in [0.3, 0.4) is 0 Å². The summed E-state index contributed by atoms with van der Waals surface area (Å²) in [5, 5.41) is 4.20. The molecular formula is C38H40Cl3N3O4S. The van der Waals surface area contributed by atoms with E-state index >= 15 is 0 Å². The van der Waals surface area contributed by atoms with Gasteiger partial charge in [0, 0.05) is 39.6 Å². The highest BCUT2D eigenvalue weighted by molar-refractivity contribution is 7.92. The number of nitrogens with zero attached hydrogens (tertiary/aromatic N) is 2. The molecule has 7 nitrogen and oxygen atoms in total. The summed E-state index contributed by atoms with van der Waals surface area (Å²) in [5.41, 5.74) is 3.14. The van der Waals surface area contributed by atoms with Gasteiger partial charge in [-0.05, 0) is 74.2 Å². The summed E-state index contributed by atoms with van der Waals surface area (Å²) in [6, 6.07) is 24.7. The van der Waals surface area contributed by atoms with Crippen LogP contribution in [0, 0.1) is 13.8 Å². The zero-order valence-corrected chi connectivity index (χ0v) is 30.6. The molecule has 11 heteroatoms. The second-order valence-electron chi connectivity index (χ2n) is 12.5. The molecule has 1 aliphatic carbocycles. The maximum absolute atomic E-state index is 14.8. The van der Waals surface area contributed by atoms with E-state index in [1.807, 2.05) is 44.2 Å². The summed E-state index contributed by atoms with van der Waals surface area (Å²) in [5.74, 6) is -0.929. The van der Waals surface area contributed by atoms with Gasteiger partial charge < -0.3 is 10.2 Å². The minimum Gasteiger partial charge on any atom is -0.352 e. The van der Waals surface area contributed by atoms with Crippen LogP contribution in [0.15, 0.2) is 95.9 Å². The van der Waals surface area contributed by atoms with Crippen LogP contribution in [0.2, 0.25) is 15.1 Å². The lowest BCUT2D eigenvalue weighted by Crippen LogP contribution is -2.55. The molecule has 5 rings (SSSR count). The number of halogens is 3. The molecule has 0 spiro atoms. The first-order valence-corrected chi connectivity index (χ1v) is 18.9. The van der Waals surface area contributed by atoms with E-state index in [0.717, 1.165) is 53.1 Å². The largest absolute Gasteiger partial charge is 0.352 e. The Hall–Kier alpha value is -3.56. The number of sulfonamides is 1. The van der Waals surface area contributed by atoms with E-state index in [0.29, 0.717) is 20.6 Å². The molecule has 0 unspecified atom stereocenters. The van der Waals surface area contributed by atoms with Crippen molar-refractivity contribution in [1.82, 2.24) is 10.2 Å². The first-order valence-electron chi connectivity index (χ1n) is 16.4. The van der Waals surface area contributed by atoms with Gasteiger partial charge in [-0.1, -0.05) is 114 Å². The predicted molar refractivity (Wildman–Crippen MR) is 198 cm³/mol. The van der Waals surface area contributed by atoms with Gasteiger partial charge in [0.2, 0.25) is 11.8 Å². The van der Waals surface area contributed by atoms with Crippen molar-refractivity contribution >= 4 is 62.3 Å². The Bertz CT molecular complexity index is 1860. The lowest BCUT2D eigenvalue weighted by Gasteiger charge is -2.35. The molecule has 1 atom stereocenters. The molecule has 1 aliphatic rings. The average molecular weight is 741 g/mol. The van der Waals surface area contributed by atoms with Crippen molar-refractivity contribution in [3.63, 3.8) is 0 Å². The number of benzene rings is 4. The van der Waals surface area contributed by atoms with Crippen molar-refractivity contribution in [3.8, 4) is 0 Å². The molecule has 4 aromatic carbocycles. The normalized spacial score (nSPS) is 14.2. The first kappa shape index (κ1) is 36.7. The SMILES string of the molecule is Cc1ccc(S(=O)(=O)N(CC(=O)N(Cc2c(Cl)cccc2Cl)[C@H](Cc2ccccc2)C(=O)NC2CCCCC2)c2ccc(C)c(Cl)c2)cc1. The Kier molecular flexibility index (Phi) is 12.3. The van der Waals surface area contributed by atoms with Gasteiger partial charge in [0.15, 0.2) is 0 Å². The Morgan fingerprint density at radius 1 is 0.816 bits per heavy atom. The summed E-state index contributed by atoms with van der Waals surface area (Å²) in [6.07, 6.45) is 5.03. The van der Waals surface area contributed by atoms with E-state index in [1.165, 1.54) is 23.1 Å². The quantitative estimate of drug-likeness (QED) is 0.158. The van der Waals surface area contributed by atoms with Crippen molar-refractivity contribution in [2.45, 2.75) is 75.9 Å². The predicted octanol–water partition coefficient (Wildman–Crippen LogP) is 8.55. The zero-order chi connectivity index (χ0) is 35.1. The highest BCUT2D eigenvalue weighted by atomic mass is 35.5. The second-order valence-corrected chi connectivity index (χ2v) is 15.6. The molecule has 2 amide bonds. The highest BCUT2D eigenvalue weighted by Gasteiger charge is 2.36. The summed E-state index contributed by atoms with van der Waals surface area (Å²) in [6.45, 7) is 2.93. The van der Waals surface area contributed by atoms with Crippen molar-refractivity contribution in [3.05, 3.63) is 128 Å². The van der Waals surface area contributed by atoms with Crippen molar-refractivity contribution in [2.75, 3.05) is 10.8 Å². The number of rotatable bonds is 12. The molecular weight excluding hydrogens is 701 g/mol. The second kappa shape index (κ2) is 16.4. The Labute approximate surface area is 304 Å². The summed E-state index contributed by atoms with van der Waals surface area (Å²) in [7, 11) is -4.27. The smallest absolute Gasteiger partial charge is 0.264 e. The topological polar surface area (TPSA) is 86.8 Å². The Balaban J connectivity index is 1.60. The van der Waals surface area contributed by atoms with Gasteiger partial charge in [-0.2, -0.15) is 0 Å². The lowest BCUT2D eigenvalue weighted by molar-refractivity contribution is -0.140. The molecule has 0 aromatic heterocycles. The van der Waals surface area contributed by atoms with Gasteiger partial charge in [-0.15, -0.1) is 0 Å². The van der Waals surface area contributed by atoms with E-state index in [4.69, 9.17) is 34.8 Å². The maximum Gasteiger partial charge on any atom is 0.264 e. The fraction of sp³-hybridized carbons (Fsp3) is 0.316. The number of carbonyl (C=O) groups is 2. The van der Waals surface area contributed by atoms with Crippen LogP contribution in [0.5, 0.6) is 0 Å². The maximum atomic E-state index is 14.8. The van der Waals surface area contributed by atoms with Crippen LogP contribution >= 0.6 is 34.8 Å². The number of anilines is 1. The first-order chi connectivity index (χ1) is 23.4. The van der Waals surface area contributed by atoms with Gasteiger partial charge >= 0.3 is 0 Å². The van der Waals surface area contributed by atoms with Gasteiger partial charge in [0.25, 0.3) is 10.0 Å². The number of nitrogens with one attached hydrogen (secondary N) is 1. The molecule has 1 N–H and O–H groups in total. The van der Waals surface area contributed by atoms with E-state index in [-0.39, 0.29) is 35.5 Å². The van der Waals surface area contributed by atoms with E-state index in [1.54, 1.807) is 42.5 Å². The number of amides is 2. The number of hydrogen-bond acceptors (Lipinski definition) is 4. The molecule has 0 aliphatic heterocycles. The lowest BCUT2D eigenvalue weighted by atomic mass is 9.94. The third kappa shape index (κ3) is 9.17. The third-order valence-corrected chi connectivity index (χ3v) is 11.8. The minimum absolute atomic E-state index is 0.0131. The third-order valence-electron chi connectivity index (χ3n) is 8.94. The Morgan fingerprint density at radius 2 is 1.47 bits per heavy atom. The van der Waals surface area contributed by atoms with Gasteiger partial charge in [0.1, 0.15) is 12.6 Å². The number of carbonyl (C=O) groups excluding carboxylic acids is 2. The molecule has 0 radical (unpaired) electrons. The highest BCUT2D eigenvalue weighted by Crippen LogP contribution is 2.31. The molecule has 0 saturated heterocycles. The molecule has 0 heterocycles. The van der Waals surface area contributed by atoms with Crippen LogP contribution in [0.25, 0.3) is 0 Å². The molecule has 258 valence electrons. The standard InChI is InChI=1S/C38H40Cl3N3O4S/c1-26-16-20-31(21-17-26)49(47,48)44(30-19-18-27(2)35(41)23-30)25-37(45)43(24-32-33(39)14-9-15-34(32)40)36(22-28-10-5-3-6-11-28)38(46)42-29-12-7-4-8-13-29/h3,5-6,9-11,14-21,23,29,36H,4,7-8,12-13,22,24-25H2,1-2H3,(H,42,46)/t36-/m1/s1. The van der Waals surface area contributed by atoms with E-state index in [9.17, 15) is 18.0 Å². The summed E-state index contributed by atoms with van der Waals surface area (Å²) >= 11 is 19.8. The van der Waals surface area contributed by atoms with Crippen LogP contribution in [0.1, 0.15) is 54.4 Å². The average Bonchev–Trinajstić information content (AvgIpc) is 3.08. The fourth-order valence-corrected chi connectivity index (χ4v) is 8.15. The molecule has 49 heavy (non-hydrogen) atoms. The van der Waals surface area contributed by atoms with Crippen LogP contribution in [-0.2, 0) is 32.6 Å². The summed E-state index contributed by atoms with van der Waals surface area (Å²) < 4.78 is 29.7. The molecule has 1 fully saturated rings. The zero-order valence-electron chi connectivity index (χ0n) is 27.5. The van der Waals surface area contributed by atoms with Gasteiger partial charge in [-0.25, -0.2) is 8.42 Å². The number of aryl methyl sites for hydroxylation is 2. The molecule has 4 aromatic rings. The van der Waals surface area contributed by atoms with Gasteiger partial charge in [0.05, 0.1) is 10.6 Å². The van der Waals surface area contributed by atoms with E-state index < -0.39 is 28.5 Å². The molecule has 0 bridgehead atoms. The van der Waals surface area contributed by atoms with Crippen molar-refractivity contribution in [2.24, 2.45) is 0 Å². The van der Waals surface area contributed by atoms with Gasteiger partial charge in [-0.3, -0.25) is 13.9 Å². The molecule has 1 saturated carbocycles. The van der Waals surface area contributed by atoms with Crippen LogP contribution in [-0.4, -0.2) is 43.8 Å². The number of hydrogen-bond donors (Lipinski definition) is 1. The monoisotopic (exact) mass is 739 g/mol.